The van der Waals surface area contributed by atoms with Crippen LogP contribution in [0.15, 0.2) is 59.8 Å². The molecule has 0 N–H and O–H groups in total. The molecular weight excluding hydrogens is 352 g/mol. The molecule has 0 saturated heterocycles. The molecule has 4 rings (SSSR count). The second-order valence-electron chi connectivity index (χ2n) is 6.11. The van der Waals surface area contributed by atoms with Gasteiger partial charge in [0.2, 0.25) is 0 Å². The van der Waals surface area contributed by atoms with E-state index < -0.39 is 18.5 Å². The Morgan fingerprint density at radius 1 is 1.19 bits per heavy atom. The molecule has 0 atom stereocenters. The Balaban J connectivity index is 1.77. The average molecular weight is 367 g/mol. The Kier molecular flexibility index (Phi) is 4.23. The van der Waals surface area contributed by atoms with Crippen molar-refractivity contribution in [2.24, 2.45) is 0 Å². The minimum Gasteiger partial charge on any atom is -0.309 e. The second-order valence-corrected chi connectivity index (χ2v) is 6.11. The van der Waals surface area contributed by atoms with Crippen LogP contribution < -0.4 is 5.56 Å². The van der Waals surface area contributed by atoms with Gasteiger partial charge in [0.15, 0.2) is 0 Å². The maximum atomic E-state index is 12.6. The second kappa shape index (κ2) is 6.71. The van der Waals surface area contributed by atoms with Crippen LogP contribution in [0.5, 0.6) is 0 Å². The summed E-state index contributed by atoms with van der Waals surface area (Å²) in [5.74, 6) is 0. The van der Waals surface area contributed by atoms with Crippen LogP contribution in [-0.4, -0.2) is 31.0 Å². The standard InChI is InChI=1S/C19H15F2N5O/c1-12-18(23-24-26(12)15-3-2-7-22-10-15)14-4-5-16-13(9-14)6-8-25(19(16)27)11-17(20)21/h2-10,17H,11H2,1H3. The van der Waals surface area contributed by atoms with Crippen LogP contribution in [0.1, 0.15) is 5.69 Å². The zero-order valence-electron chi connectivity index (χ0n) is 14.4. The Morgan fingerprint density at radius 2 is 2.04 bits per heavy atom. The lowest BCUT2D eigenvalue weighted by Gasteiger charge is -2.08. The van der Waals surface area contributed by atoms with E-state index in [4.69, 9.17) is 0 Å². The van der Waals surface area contributed by atoms with E-state index >= 15 is 0 Å². The van der Waals surface area contributed by atoms with E-state index in [-0.39, 0.29) is 0 Å². The lowest BCUT2D eigenvalue weighted by Crippen LogP contribution is -2.22. The molecule has 0 aliphatic heterocycles. The van der Waals surface area contributed by atoms with Gasteiger partial charge in [-0.1, -0.05) is 11.3 Å². The molecular formula is C19H15F2N5O. The largest absolute Gasteiger partial charge is 0.309 e. The van der Waals surface area contributed by atoms with Gasteiger partial charge in [0.1, 0.15) is 5.69 Å². The number of rotatable bonds is 4. The van der Waals surface area contributed by atoms with Crippen LogP contribution in [0.4, 0.5) is 8.78 Å². The zero-order valence-corrected chi connectivity index (χ0v) is 14.4. The van der Waals surface area contributed by atoms with Crippen LogP contribution in [-0.2, 0) is 6.54 Å². The molecule has 1 aromatic carbocycles. The molecule has 0 radical (unpaired) electrons. The number of alkyl halides is 2. The number of nitrogens with zero attached hydrogens (tertiary/aromatic N) is 5. The molecule has 0 aliphatic rings. The minimum absolute atomic E-state index is 0.388. The summed E-state index contributed by atoms with van der Waals surface area (Å²) >= 11 is 0. The lowest BCUT2D eigenvalue weighted by molar-refractivity contribution is 0.125. The first-order chi connectivity index (χ1) is 13.0. The number of aromatic nitrogens is 5. The molecule has 6 nitrogen and oxygen atoms in total. The van der Waals surface area contributed by atoms with Gasteiger partial charge in [-0.05, 0) is 42.6 Å². The zero-order chi connectivity index (χ0) is 19.0. The van der Waals surface area contributed by atoms with Gasteiger partial charge in [-0.2, -0.15) is 0 Å². The van der Waals surface area contributed by atoms with Crippen molar-refractivity contribution in [1.82, 2.24) is 24.5 Å². The highest BCUT2D eigenvalue weighted by Crippen LogP contribution is 2.25. The Labute approximate surface area is 152 Å². The normalized spacial score (nSPS) is 11.4. The number of pyridine rings is 2. The first-order valence-electron chi connectivity index (χ1n) is 8.29. The summed E-state index contributed by atoms with van der Waals surface area (Å²) < 4.78 is 27.9. The summed E-state index contributed by atoms with van der Waals surface area (Å²) in [6.45, 7) is 1.28. The lowest BCUT2D eigenvalue weighted by atomic mass is 10.1. The van der Waals surface area contributed by atoms with Gasteiger partial charge in [0.25, 0.3) is 12.0 Å². The highest BCUT2D eigenvalue weighted by atomic mass is 19.3. The van der Waals surface area contributed by atoms with Crippen LogP contribution in [0.2, 0.25) is 0 Å². The van der Waals surface area contributed by atoms with Crippen molar-refractivity contribution in [1.29, 1.82) is 0 Å². The first kappa shape index (κ1) is 17.0. The fourth-order valence-electron chi connectivity index (χ4n) is 3.05. The topological polar surface area (TPSA) is 65.6 Å². The number of hydrogen-bond donors (Lipinski definition) is 0. The summed E-state index contributed by atoms with van der Waals surface area (Å²) in [5.41, 5.74) is 2.66. The SMILES string of the molecule is Cc1c(-c2ccc3c(=O)n(CC(F)F)ccc3c2)nnn1-c1cccnc1. The van der Waals surface area contributed by atoms with E-state index in [0.717, 1.165) is 21.5 Å². The number of halogens is 2. The summed E-state index contributed by atoms with van der Waals surface area (Å²) in [6.07, 6.45) is 2.18. The summed E-state index contributed by atoms with van der Waals surface area (Å²) in [7, 11) is 0. The van der Waals surface area contributed by atoms with E-state index in [9.17, 15) is 13.6 Å². The van der Waals surface area contributed by atoms with Gasteiger partial charge in [0, 0.05) is 23.3 Å². The third kappa shape index (κ3) is 3.10. The molecule has 0 aliphatic carbocycles. The molecule has 0 saturated carbocycles. The molecule has 0 bridgehead atoms. The Hall–Kier alpha value is -3.42. The number of benzene rings is 1. The van der Waals surface area contributed by atoms with E-state index in [2.05, 4.69) is 15.3 Å². The van der Waals surface area contributed by atoms with Crippen molar-refractivity contribution < 1.29 is 8.78 Å². The van der Waals surface area contributed by atoms with Gasteiger partial charge < -0.3 is 4.57 Å². The molecule has 0 fully saturated rings. The van der Waals surface area contributed by atoms with Crippen molar-refractivity contribution in [2.45, 2.75) is 19.9 Å². The van der Waals surface area contributed by atoms with Crippen LogP contribution in [0.25, 0.3) is 27.7 Å². The fourth-order valence-corrected chi connectivity index (χ4v) is 3.05. The quantitative estimate of drug-likeness (QED) is 0.556. The maximum absolute atomic E-state index is 12.6. The van der Waals surface area contributed by atoms with Crippen molar-refractivity contribution >= 4 is 10.8 Å². The van der Waals surface area contributed by atoms with Gasteiger partial charge in [-0.25, -0.2) is 13.5 Å². The van der Waals surface area contributed by atoms with Crippen LogP contribution >= 0.6 is 0 Å². The molecule has 27 heavy (non-hydrogen) atoms. The molecule has 0 amide bonds. The molecule has 0 unspecified atom stereocenters. The molecule has 4 aromatic rings. The molecule has 0 spiro atoms. The minimum atomic E-state index is -2.58. The monoisotopic (exact) mass is 367 g/mol. The van der Waals surface area contributed by atoms with Crippen molar-refractivity contribution in [3.05, 3.63) is 71.0 Å². The first-order valence-corrected chi connectivity index (χ1v) is 8.29. The molecule has 3 aromatic heterocycles. The maximum Gasteiger partial charge on any atom is 0.258 e. The third-order valence-corrected chi connectivity index (χ3v) is 4.37. The van der Waals surface area contributed by atoms with Crippen molar-refractivity contribution in [3.8, 4) is 16.9 Å². The summed E-state index contributed by atoms with van der Waals surface area (Å²) in [4.78, 5) is 16.4. The third-order valence-electron chi connectivity index (χ3n) is 4.37. The van der Waals surface area contributed by atoms with Crippen molar-refractivity contribution in [3.63, 3.8) is 0 Å². The van der Waals surface area contributed by atoms with Gasteiger partial charge >= 0.3 is 0 Å². The molecule has 3 heterocycles. The van der Waals surface area contributed by atoms with Gasteiger partial charge in [-0.15, -0.1) is 5.10 Å². The van der Waals surface area contributed by atoms with Crippen molar-refractivity contribution in [2.75, 3.05) is 0 Å². The predicted molar refractivity (Wildman–Crippen MR) is 97.1 cm³/mol. The van der Waals surface area contributed by atoms with E-state index in [1.54, 1.807) is 35.3 Å². The van der Waals surface area contributed by atoms with E-state index in [1.807, 2.05) is 25.1 Å². The number of fused-ring (bicyclic) bond motifs is 1. The van der Waals surface area contributed by atoms with Crippen LogP contribution in [0, 0.1) is 6.92 Å². The number of hydrogen-bond acceptors (Lipinski definition) is 4. The van der Waals surface area contributed by atoms with E-state index in [0.29, 0.717) is 16.5 Å². The average Bonchev–Trinajstić information content (AvgIpc) is 3.05. The smallest absolute Gasteiger partial charge is 0.258 e. The van der Waals surface area contributed by atoms with Crippen LogP contribution in [0.3, 0.4) is 0 Å². The van der Waals surface area contributed by atoms with E-state index in [1.165, 1.54) is 6.20 Å². The molecule has 8 heteroatoms. The summed E-state index contributed by atoms with van der Waals surface area (Å²) in [5, 5.41) is 9.49. The van der Waals surface area contributed by atoms with Gasteiger partial charge in [0.05, 0.1) is 24.1 Å². The fraction of sp³-hybridized carbons (Fsp3) is 0.158. The summed E-state index contributed by atoms with van der Waals surface area (Å²) in [6, 6.07) is 10.6. The highest BCUT2D eigenvalue weighted by Gasteiger charge is 2.14. The van der Waals surface area contributed by atoms with Gasteiger partial charge in [-0.3, -0.25) is 9.78 Å². The molecule has 136 valence electrons. The Morgan fingerprint density at radius 3 is 2.78 bits per heavy atom. The predicted octanol–water partition coefficient (Wildman–Crippen LogP) is 3.22. The highest BCUT2D eigenvalue weighted by molar-refractivity contribution is 5.86. The Bertz CT molecular complexity index is 1170.